The highest BCUT2D eigenvalue weighted by Crippen LogP contribution is 2.42. The highest BCUT2D eigenvalue weighted by molar-refractivity contribution is 8.00. The van der Waals surface area contributed by atoms with Crippen molar-refractivity contribution in [2.24, 2.45) is 5.92 Å². The van der Waals surface area contributed by atoms with E-state index in [2.05, 4.69) is 16.9 Å². The summed E-state index contributed by atoms with van der Waals surface area (Å²) in [6.45, 7) is 1.08. The Bertz CT molecular complexity index is 383. The number of hydrogen-bond acceptors (Lipinski definition) is 3. The Morgan fingerprint density at radius 3 is 2.64 bits per heavy atom. The van der Waals surface area contributed by atoms with Crippen LogP contribution in [0.4, 0.5) is 18.0 Å². The molecule has 0 spiro atoms. The standard InChI is InChI=1S/C14H24F3N3OS/c1-22-13(4-2-5-13)9-19-12(21)18-7-11-3-6-20(8-11)10-14(15,16)17/h11H,2-10H2,1H3,(H2,18,19,21)/t11-/m0/s1. The van der Waals surface area contributed by atoms with Gasteiger partial charge in [0.25, 0.3) is 0 Å². The minimum atomic E-state index is -4.14. The van der Waals surface area contributed by atoms with Gasteiger partial charge >= 0.3 is 12.2 Å². The molecular formula is C14H24F3N3OS. The largest absolute Gasteiger partial charge is 0.401 e. The maximum absolute atomic E-state index is 12.3. The molecule has 0 bridgehead atoms. The Labute approximate surface area is 133 Å². The number of nitrogens with one attached hydrogen (secondary N) is 2. The third-order valence-electron chi connectivity index (χ3n) is 4.59. The lowest BCUT2D eigenvalue weighted by Crippen LogP contribution is -2.48. The zero-order valence-electron chi connectivity index (χ0n) is 12.8. The van der Waals surface area contributed by atoms with Crippen LogP contribution < -0.4 is 10.6 Å². The second-order valence-corrected chi connectivity index (χ2v) is 7.58. The number of rotatable bonds is 6. The number of carbonyl (C=O) groups excluding carboxylic acids is 1. The number of likely N-dealkylation sites (tertiary alicyclic amines) is 1. The number of hydrogen-bond donors (Lipinski definition) is 2. The average Bonchev–Trinajstić information content (AvgIpc) is 2.81. The molecule has 8 heteroatoms. The number of alkyl halides is 3. The molecule has 1 saturated carbocycles. The first-order valence-corrected chi connectivity index (χ1v) is 8.90. The highest BCUT2D eigenvalue weighted by atomic mass is 32.2. The van der Waals surface area contributed by atoms with Crippen LogP contribution in [-0.2, 0) is 0 Å². The molecule has 0 aromatic rings. The van der Waals surface area contributed by atoms with Crippen molar-refractivity contribution in [3.05, 3.63) is 0 Å². The van der Waals surface area contributed by atoms with E-state index >= 15 is 0 Å². The predicted molar refractivity (Wildman–Crippen MR) is 82.1 cm³/mol. The number of carbonyl (C=O) groups is 1. The molecule has 1 atom stereocenters. The zero-order chi connectivity index (χ0) is 16.2. The molecule has 2 N–H and O–H groups in total. The van der Waals surface area contributed by atoms with Gasteiger partial charge in [-0.15, -0.1) is 0 Å². The van der Waals surface area contributed by atoms with Crippen LogP contribution in [0.25, 0.3) is 0 Å². The van der Waals surface area contributed by atoms with Crippen LogP contribution in [0.15, 0.2) is 0 Å². The number of thioether (sulfide) groups is 1. The molecule has 2 amide bonds. The molecule has 1 aliphatic carbocycles. The van der Waals surface area contributed by atoms with Crippen molar-refractivity contribution in [3.8, 4) is 0 Å². The van der Waals surface area contributed by atoms with Gasteiger partial charge in [0.1, 0.15) is 0 Å². The van der Waals surface area contributed by atoms with E-state index in [-0.39, 0.29) is 16.7 Å². The van der Waals surface area contributed by atoms with E-state index in [1.807, 2.05) is 0 Å². The fourth-order valence-corrected chi connectivity index (χ4v) is 3.96. The molecule has 0 radical (unpaired) electrons. The lowest BCUT2D eigenvalue weighted by atomic mass is 9.84. The van der Waals surface area contributed by atoms with E-state index in [4.69, 9.17) is 0 Å². The molecule has 128 valence electrons. The molecular weight excluding hydrogens is 315 g/mol. The first-order valence-electron chi connectivity index (χ1n) is 7.68. The fourth-order valence-electron chi connectivity index (χ4n) is 3.04. The van der Waals surface area contributed by atoms with E-state index in [1.54, 1.807) is 11.8 Å². The first kappa shape index (κ1) is 17.7. The zero-order valence-corrected chi connectivity index (χ0v) is 13.7. The second kappa shape index (κ2) is 7.29. The minimum absolute atomic E-state index is 0.103. The Kier molecular flexibility index (Phi) is 5.87. The van der Waals surface area contributed by atoms with Gasteiger partial charge in [0.05, 0.1) is 6.54 Å². The normalized spacial score (nSPS) is 24.8. The Morgan fingerprint density at radius 1 is 1.36 bits per heavy atom. The van der Waals surface area contributed by atoms with E-state index in [0.717, 1.165) is 12.8 Å². The summed E-state index contributed by atoms with van der Waals surface area (Å²) in [6, 6.07) is -0.213. The van der Waals surface area contributed by atoms with Crippen molar-refractivity contribution >= 4 is 17.8 Å². The molecule has 0 unspecified atom stereocenters. The summed E-state index contributed by atoms with van der Waals surface area (Å²) < 4.78 is 37.1. The molecule has 2 fully saturated rings. The second-order valence-electron chi connectivity index (χ2n) is 6.31. The molecule has 0 aromatic carbocycles. The van der Waals surface area contributed by atoms with Crippen molar-refractivity contribution in [1.29, 1.82) is 0 Å². The van der Waals surface area contributed by atoms with Crippen molar-refractivity contribution in [1.82, 2.24) is 15.5 Å². The van der Waals surface area contributed by atoms with Gasteiger partial charge in [-0.2, -0.15) is 24.9 Å². The maximum atomic E-state index is 12.3. The van der Waals surface area contributed by atoms with Gasteiger partial charge in [0.15, 0.2) is 0 Å². The molecule has 1 aliphatic heterocycles. The van der Waals surface area contributed by atoms with Gasteiger partial charge in [0, 0.05) is 24.4 Å². The number of amides is 2. The molecule has 2 rings (SSSR count). The van der Waals surface area contributed by atoms with E-state index < -0.39 is 12.7 Å². The summed E-state index contributed by atoms with van der Waals surface area (Å²) in [5, 5.41) is 5.67. The Morgan fingerprint density at radius 2 is 2.09 bits per heavy atom. The third-order valence-corrected chi connectivity index (χ3v) is 6.01. The average molecular weight is 339 g/mol. The monoisotopic (exact) mass is 339 g/mol. The van der Waals surface area contributed by atoms with Crippen molar-refractivity contribution in [3.63, 3.8) is 0 Å². The minimum Gasteiger partial charge on any atom is -0.338 e. The van der Waals surface area contributed by atoms with Crippen LogP contribution in [0.5, 0.6) is 0 Å². The van der Waals surface area contributed by atoms with Gasteiger partial charge in [0.2, 0.25) is 0 Å². The summed E-state index contributed by atoms with van der Waals surface area (Å²) in [5.74, 6) is 0.103. The summed E-state index contributed by atoms with van der Waals surface area (Å²) in [5.41, 5.74) is 0. The molecule has 1 heterocycles. The topological polar surface area (TPSA) is 44.4 Å². The highest BCUT2D eigenvalue weighted by Gasteiger charge is 2.36. The number of urea groups is 1. The van der Waals surface area contributed by atoms with Gasteiger partial charge < -0.3 is 10.6 Å². The van der Waals surface area contributed by atoms with Crippen LogP contribution in [0, 0.1) is 5.92 Å². The third kappa shape index (κ3) is 5.22. The molecule has 22 heavy (non-hydrogen) atoms. The quantitative estimate of drug-likeness (QED) is 0.781. The van der Waals surface area contributed by atoms with Gasteiger partial charge in [-0.1, -0.05) is 6.42 Å². The first-order chi connectivity index (χ1) is 10.3. The summed E-state index contributed by atoms with van der Waals surface area (Å²) in [6.07, 6.45) is 2.08. The van der Waals surface area contributed by atoms with Crippen molar-refractivity contribution in [2.45, 2.75) is 36.6 Å². The van der Waals surface area contributed by atoms with E-state index in [0.29, 0.717) is 32.6 Å². The molecule has 2 aliphatic rings. The maximum Gasteiger partial charge on any atom is 0.401 e. The number of nitrogens with zero attached hydrogens (tertiary/aromatic N) is 1. The van der Waals surface area contributed by atoms with Crippen LogP contribution in [0.3, 0.4) is 0 Å². The summed E-state index contributed by atoms with van der Waals surface area (Å²) in [4.78, 5) is 13.2. The Hall–Kier alpha value is -0.630. The van der Waals surface area contributed by atoms with Crippen LogP contribution in [0.2, 0.25) is 0 Å². The van der Waals surface area contributed by atoms with Gasteiger partial charge in [-0.3, -0.25) is 4.90 Å². The lowest BCUT2D eigenvalue weighted by molar-refractivity contribution is -0.143. The van der Waals surface area contributed by atoms with E-state index in [1.165, 1.54) is 11.3 Å². The van der Waals surface area contributed by atoms with Crippen LogP contribution in [-0.4, -0.2) is 60.8 Å². The van der Waals surface area contributed by atoms with Crippen LogP contribution in [0.1, 0.15) is 25.7 Å². The van der Waals surface area contributed by atoms with E-state index in [9.17, 15) is 18.0 Å². The van der Waals surface area contributed by atoms with Crippen LogP contribution >= 0.6 is 11.8 Å². The van der Waals surface area contributed by atoms with Gasteiger partial charge in [-0.05, 0) is 38.0 Å². The smallest absolute Gasteiger partial charge is 0.338 e. The number of halogens is 3. The fraction of sp³-hybridized carbons (Fsp3) is 0.929. The Balaban J connectivity index is 1.61. The lowest BCUT2D eigenvalue weighted by Gasteiger charge is -2.40. The molecule has 0 aromatic heterocycles. The van der Waals surface area contributed by atoms with Crippen molar-refractivity contribution < 1.29 is 18.0 Å². The summed E-state index contributed by atoms with van der Waals surface area (Å²) in [7, 11) is 0. The predicted octanol–water partition coefficient (Wildman–Crippen LogP) is 2.46. The van der Waals surface area contributed by atoms with Crippen molar-refractivity contribution in [2.75, 3.05) is 39.0 Å². The molecule has 1 saturated heterocycles. The SMILES string of the molecule is CSC1(CNC(=O)NC[C@@H]2CCN(CC(F)(F)F)C2)CCC1. The summed E-state index contributed by atoms with van der Waals surface area (Å²) >= 11 is 1.79. The molecule has 4 nitrogen and oxygen atoms in total. The van der Waals surface area contributed by atoms with Gasteiger partial charge in [-0.25, -0.2) is 4.79 Å².